The fraction of sp³-hybridized carbons (Fsp3) is 0.350. The maximum atomic E-state index is 12.3. The third kappa shape index (κ3) is 3.88. The molecule has 0 bridgehead atoms. The van der Waals surface area contributed by atoms with Crippen LogP contribution in [0.25, 0.3) is 0 Å². The zero-order chi connectivity index (χ0) is 18.7. The molecular weight excluding hydrogens is 354 g/mol. The topological polar surface area (TPSA) is 48.0 Å². The fourth-order valence-corrected chi connectivity index (χ4v) is 3.38. The number of cyclic esters (lactones) is 1. The smallest absolute Gasteiger partial charge is 0.410 e. The Balaban J connectivity index is 1.70. The van der Waals surface area contributed by atoms with E-state index in [4.69, 9.17) is 25.8 Å². The number of ether oxygens (including phenoxy) is 3. The van der Waals surface area contributed by atoms with Crippen molar-refractivity contribution >= 4 is 17.7 Å². The predicted octanol–water partition coefficient (Wildman–Crippen LogP) is 4.48. The minimum absolute atomic E-state index is 0.00946. The van der Waals surface area contributed by atoms with Crippen LogP contribution in [-0.2, 0) is 11.2 Å². The van der Waals surface area contributed by atoms with Crippen molar-refractivity contribution in [2.24, 2.45) is 0 Å². The Morgan fingerprint density at radius 3 is 2.65 bits per heavy atom. The van der Waals surface area contributed by atoms with Gasteiger partial charge >= 0.3 is 6.09 Å². The van der Waals surface area contributed by atoms with Crippen molar-refractivity contribution in [1.29, 1.82) is 0 Å². The molecule has 0 saturated carbocycles. The van der Waals surface area contributed by atoms with E-state index in [9.17, 15) is 4.79 Å². The van der Waals surface area contributed by atoms with E-state index in [1.807, 2.05) is 43.3 Å². The van der Waals surface area contributed by atoms with Crippen LogP contribution in [0.15, 0.2) is 42.5 Å². The first-order valence-electron chi connectivity index (χ1n) is 8.45. The number of benzene rings is 2. The van der Waals surface area contributed by atoms with Crippen molar-refractivity contribution in [2.45, 2.75) is 25.5 Å². The second kappa shape index (κ2) is 7.87. The highest BCUT2D eigenvalue weighted by molar-refractivity contribution is 6.30. The Morgan fingerprint density at radius 2 is 1.96 bits per heavy atom. The molecule has 1 fully saturated rings. The molecule has 1 amide bonds. The SMILES string of the molecule is COc1ccc(CC(C)N2C[C@@H](c3cccc(Cl)c3)OC2=O)cc1OC. The van der Waals surface area contributed by atoms with Gasteiger partial charge in [-0.3, -0.25) is 0 Å². The third-order valence-corrected chi connectivity index (χ3v) is 4.81. The van der Waals surface area contributed by atoms with E-state index in [0.717, 1.165) is 11.1 Å². The minimum atomic E-state index is -0.303. The van der Waals surface area contributed by atoms with Gasteiger partial charge in [0.05, 0.1) is 20.8 Å². The first-order valence-corrected chi connectivity index (χ1v) is 8.83. The summed E-state index contributed by atoms with van der Waals surface area (Å²) in [7, 11) is 3.22. The van der Waals surface area contributed by atoms with E-state index < -0.39 is 0 Å². The van der Waals surface area contributed by atoms with Crippen LogP contribution in [0.3, 0.4) is 0 Å². The van der Waals surface area contributed by atoms with Crippen LogP contribution in [-0.4, -0.2) is 37.8 Å². The number of hydrogen-bond acceptors (Lipinski definition) is 4. The zero-order valence-corrected chi connectivity index (χ0v) is 15.8. The number of rotatable bonds is 6. The quantitative estimate of drug-likeness (QED) is 0.746. The highest BCUT2D eigenvalue weighted by atomic mass is 35.5. The Kier molecular flexibility index (Phi) is 5.57. The molecule has 2 atom stereocenters. The lowest BCUT2D eigenvalue weighted by atomic mass is 10.0. The molecule has 0 N–H and O–H groups in total. The predicted molar refractivity (Wildman–Crippen MR) is 100 cm³/mol. The molecule has 0 spiro atoms. The summed E-state index contributed by atoms with van der Waals surface area (Å²) in [4.78, 5) is 14.1. The molecule has 6 heteroatoms. The highest BCUT2D eigenvalue weighted by Crippen LogP contribution is 2.31. The molecule has 2 aromatic carbocycles. The Morgan fingerprint density at radius 1 is 1.19 bits per heavy atom. The molecule has 1 saturated heterocycles. The number of nitrogens with zero attached hydrogens (tertiary/aromatic N) is 1. The molecule has 1 aliphatic rings. The summed E-state index contributed by atoms with van der Waals surface area (Å²) in [6.45, 7) is 2.52. The fourth-order valence-electron chi connectivity index (χ4n) is 3.18. The first-order chi connectivity index (χ1) is 12.5. The van der Waals surface area contributed by atoms with Crippen molar-refractivity contribution < 1.29 is 19.0 Å². The Labute approximate surface area is 158 Å². The van der Waals surface area contributed by atoms with Gasteiger partial charge in [0.2, 0.25) is 0 Å². The zero-order valence-electron chi connectivity index (χ0n) is 15.1. The lowest BCUT2D eigenvalue weighted by Crippen LogP contribution is -2.35. The summed E-state index contributed by atoms with van der Waals surface area (Å²) in [5.74, 6) is 1.36. The van der Waals surface area contributed by atoms with Gasteiger partial charge in [0.1, 0.15) is 6.10 Å². The maximum Gasteiger partial charge on any atom is 0.410 e. The molecule has 138 valence electrons. The molecular formula is C20H22ClNO4. The lowest BCUT2D eigenvalue weighted by molar-refractivity contribution is 0.129. The summed E-state index contributed by atoms with van der Waals surface area (Å²) in [5.41, 5.74) is 1.97. The van der Waals surface area contributed by atoms with Gasteiger partial charge in [-0.05, 0) is 48.7 Å². The number of amides is 1. The van der Waals surface area contributed by atoms with Gasteiger partial charge in [0.25, 0.3) is 0 Å². The molecule has 5 nitrogen and oxygen atoms in total. The number of halogens is 1. The van der Waals surface area contributed by atoms with Crippen LogP contribution in [0.1, 0.15) is 24.2 Å². The summed E-state index contributed by atoms with van der Waals surface area (Å²) in [6, 6.07) is 13.2. The summed E-state index contributed by atoms with van der Waals surface area (Å²) in [5, 5.41) is 0.635. The van der Waals surface area contributed by atoms with Gasteiger partial charge in [0.15, 0.2) is 11.5 Å². The number of methoxy groups -OCH3 is 2. The van der Waals surface area contributed by atoms with Crippen molar-refractivity contribution in [3.8, 4) is 11.5 Å². The molecule has 0 aromatic heterocycles. The van der Waals surface area contributed by atoms with E-state index in [1.165, 1.54) is 0 Å². The number of hydrogen-bond donors (Lipinski definition) is 0. The van der Waals surface area contributed by atoms with Crippen LogP contribution >= 0.6 is 11.6 Å². The van der Waals surface area contributed by atoms with Gasteiger partial charge < -0.3 is 19.1 Å². The van der Waals surface area contributed by atoms with Crippen molar-refractivity contribution in [1.82, 2.24) is 4.90 Å². The minimum Gasteiger partial charge on any atom is -0.493 e. The molecule has 0 radical (unpaired) electrons. The first kappa shape index (κ1) is 18.4. The van der Waals surface area contributed by atoms with Gasteiger partial charge in [-0.25, -0.2) is 4.79 Å². The lowest BCUT2D eigenvalue weighted by Gasteiger charge is -2.22. The molecule has 2 aromatic rings. The molecule has 1 aliphatic heterocycles. The van der Waals surface area contributed by atoms with Crippen molar-refractivity contribution in [2.75, 3.05) is 20.8 Å². The van der Waals surface area contributed by atoms with Crippen LogP contribution < -0.4 is 9.47 Å². The van der Waals surface area contributed by atoms with Gasteiger partial charge in [-0.15, -0.1) is 0 Å². The molecule has 26 heavy (non-hydrogen) atoms. The normalized spacial score (nSPS) is 17.8. The molecule has 0 aliphatic carbocycles. The number of carbonyl (C=O) groups excluding carboxylic acids is 1. The number of carbonyl (C=O) groups is 1. The van der Waals surface area contributed by atoms with Gasteiger partial charge in [-0.1, -0.05) is 29.8 Å². The second-order valence-corrected chi connectivity index (χ2v) is 6.76. The molecule has 1 heterocycles. The molecule has 3 rings (SSSR count). The monoisotopic (exact) mass is 375 g/mol. The van der Waals surface area contributed by atoms with Crippen LogP contribution in [0.2, 0.25) is 5.02 Å². The largest absolute Gasteiger partial charge is 0.493 e. The van der Waals surface area contributed by atoms with E-state index in [-0.39, 0.29) is 18.2 Å². The Hall–Kier alpha value is -2.40. The molecule has 1 unspecified atom stereocenters. The van der Waals surface area contributed by atoms with E-state index in [1.54, 1.807) is 25.2 Å². The average Bonchev–Trinajstić information content (AvgIpc) is 3.03. The van der Waals surface area contributed by atoms with Crippen molar-refractivity contribution in [3.05, 3.63) is 58.6 Å². The summed E-state index contributed by atoms with van der Waals surface area (Å²) in [6.07, 6.45) is 0.0922. The average molecular weight is 376 g/mol. The summed E-state index contributed by atoms with van der Waals surface area (Å²) < 4.78 is 16.2. The standard InChI is InChI=1S/C20H22ClNO4/c1-13(9-14-7-8-17(24-2)18(10-14)25-3)22-12-19(26-20(22)23)15-5-4-6-16(21)11-15/h4-8,10-11,13,19H,9,12H2,1-3H3/t13?,19-/m0/s1. The van der Waals surface area contributed by atoms with E-state index in [0.29, 0.717) is 29.5 Å². The Bertz CT molecular complexity index is 795. The maximum absolute atomic E-state index is 12.3. The van der Waals surface area contributed by atoms with Gasteiger partial charge in [-0.2, -0.15) is 0 Å². The third-order valence-electron chi connectivity index (χ3n) is 4.57. The van der Waals surface area contributed by atoms with Crippen LogP contribution in [0.5, 0.6) is 11.5 Å². The summed E-state index contributed by atoms with van der Waals surface area (Å²) >= 11 is 6.04. The van der Waals surface area contributed by atoms with E-state index in [2.05, 4.69) is 0 Å². The second-order valence-electron chi connectivity index (χ2n) is 6.32. The van der Waals surface area contributed by atoms with Crippen molar-refractivity contribution in [3.63, 3.8) is 0 Å². The van der Waals surface area contributed by atoms with E-state index >= 15 is 0 Å². The van der Waals surface area contributed by atoms with Gasteiger partial charge in [0, 0.05) is 11.1 Å². The van der Waals surface area contributed by atoms with Crippen LogP contribution in [0.4, 0.5) is 4.79 Å². The highest BCUT2D eigenvalue weighted by Gasteiger charge is 2.35. The van der Waals surface area contributed by atoms with Crippen LogP contribution in [0, 0.1) is 0 Å².